The zero-order valence-electron chi connectivity index (χ0n) is 24.8. The fourth-order valence-electron chi connectivity index (χ4n) is 4.25. The van der Waals surface area contributed by atoms with E-state index in [4.69, 9.17) is 16.3 Å². The molecule has 0 radical (unpaired) electrons. The van der Waals surface area contributed by atoms with Gasteiger partial charge in [-0.2, -0.15) is 0 Å². The van der Waals surface area contributed by atoms with E-state index in [0.717, 1.165) is 10.6 Å². The van der Waals surface area contributed by atoms with Crippen LogP contribution in [-0.4, -0.2) is 23.0 Å². The number of hydrogen-bond acceptors (Lipinski definition) is 5. The van der Waals surface area contributed by atoms with Gasteiger partial charge in [-0.05, 0) is 103 Å². The predicted octanol–water partition coefficient (Wildman–Crippen LogP) is 8.66. The minimum absolute atomic E-state index is 0.0551. The molecule has 7 nitrogen and oxygen atoms in total. The molecule has 3 N–H and O–H groups in total. The normalized spacial score (nSPS) is 11.7. The fourth-order valence-corrected chi connectivity index (χ4v) is 5.32. The average molecular weight is 648 g/mol. The van der Waals surface area contributed by atoms with E-state index in [1.165, 1.54) is 11.8 Å². The number of nitrogens with one attached hydrogen (secondary N) is 3. The number of benzene rings is 5. The summed E-state index contributed by atoms with van der Waals surface area (Å²) < 4.78 is 5.81. The minimum Gasteiger partial charge on any atom is -0.457 e. The van der Waals surface area contributed by atoms with Gasteiger partial charge in [0.05, 0.1) is 5.25 Å². The molecule has 5 aromatic carbocycles. The topological polar surface area (TPSA) is 96.5 Å². The summed E-state index contributed by atoms with van der Waals surface area (Å²) >= 11 is 7.52. The summed E-state index contributed by atoms with van der Waals surface area (Å²) in [6.45, 7) is 1.82. The quantitative estimate of drug-likeness (QED) is 0.0985. The molecule has 0 saturated carbocycles. The highest BCUT2D eigenvalue weighted by Crippen LogP contribution is 2.27. The lowest BCUT2D eigenvalue weighted by Gasteiger charge is -2.14. The zero-order valence-corrected chi connectivity index (χ0v) is 26.3. The van der Waals surface area contributed by atoms with Crippen molar-refractivity contribution in [2.75, 3.05) is 10.6 Å². The zero-order chi connectivity index (χ0) is 32.3. The second-order valence-electron chi connectivity index (χ2n) is 10.1. The highest BCUT2D eigenvalue weighted by atomic mass is 35.5. The molecule has 0 aliphatic rings. The molecule has 0 aromatic heterocycles. The smallest absolute Gasteiger partial charge is 0.272 e. The van der Waals surface area contributed by atoms with Gasteiger partial charge in [0.15, 0.2) is 0 Å². The number of thioether (sulfide) groups is 1. The molecule has 230 valence electrons. The van der Waals surface area contributed by atoms with Crippen LogP contribution in [0.4, 0.5) is 11.4 Å². The number of halogens is 1. The molecule has 0 spiro atoms. The lowest BCUT2D eigenvalue weighted by Crippen LogP contribution is -2.30. The third-order valence-electron chi connectivity index (χ3n) is 6.58. The summed E-state index contributed by atoms with van der Waals surface area (Å²) in [5, 5.41) is 8.60. The van der Waals surface area contributed by atoms with Gasteiger partial charge < -0.3 is 20.7 Å². The van der Waals surface area contributed by atoms with Crippen LogP contribution >= 0.6 is 23.4 Å². The van der Waals surface area contributed by atoms with Crippen molar-refractivity contribution in [2.24, 2.45) is 0 Å². The Bertz CT molecular complexity index is 1830. The molecule has 5 aromatic rings. The Balaban J connectivity index is 1.18. The molecule has 3 amide bonds. The van der Waals surface area contributed by atoms with Gasteiger partial charge >= 0.3 is 0 Å². The first-order valence-corrected chi connectivity index (χ1v) is 15.6. The molecule has 5 rings (SSSR count). The van der Waals surface area contributed by atoms with Crippen LogP contribution in [-0.2, 0) is 9.59 Å². The van der Waals surface area contributed by atoms with E-state index in [1.54, 1.807) is 91.0 Å². The van der Waals surface area contributed by atoms with E-state index in [-0.39, 0.29) is 16.9 Å². The fraction of sp³-hybridized carbons (Fsp3) is 0.0541. The SMILES string of the molecule is CC(Sc1ccc(NC(=O)/C(=C/c2cccc(Cl)c2)NC(=O)c2ccccc2)cc1)C(=O)Nc1ccc(Oc2ccccc2)cc1. The first-order chi connectivity index (χ1) is 22.3. The third kappa shape index (κ3) is 9.34. The lowest BCUT2D eigenvalue weighted by molar-refractivity contribution is -0.115. The number of hydrogen-bond donors (Lipinski definition) is 3. The number of carbonyl (C=O) groups excluding carboxylic acids is 3. The van der Waals surface area contributed by atoms with Gasteiger partial charge in [-0.1, -0.05) is 60.1 Å². The van der Waals surface area contributed by atoms with Crippen molar-refractivity contribution in [3.05, 3.63) is 155 Å². The number of rotatable bonds is 11. The van der Waals surface area contributed by atoms with Gasteiger partial charge in [-0.15, -0.1) is 11.8 Å². The molecule has 1 atom stereocenters. The van der Waals surface area contributed by atoms with E-state index in [9.17, 15) is 14.4 Å². The maximum absolute atomic E-state index is 13.3. The molecule has 0 bridgehead atoms. The second-order valence-corrected chi connectivity index (χ2v) is 12.0. The van der Waals surface area contributed by atoms with E-state index < -0.39 is 11.8 Å². The molecule has 0 aliphatic carbocycles. The van der Waals surface area contributed by atoms with Crippen LogP contribution in [0.2, 0.25) is 5.02 Å². The highest BCUT2D eigenvalue weighted by molar-refractivity contribution is 8.00. The highest BCUT2D eigenvalue weighted by Gasteiger charge is 2.17. The molecule has 0 aliphatic heterocycles. The Labute approximate surface area is 276 Å². The predicted molar refractivity (Wildman–Crippen MR) is 185 cm³/mol. The van der Waals surface area contributed by atoms with Gasteiger partial charge in [0, 0.05) is 26.9 Å². The minimum atomic E-state index is -0.502. The van der Waals surface area contributed by atoms with E-state index >= 15 is 0 Å². The van der Waals surface area contributed by atoms with Gasteiger partial charge in [0.25, 0.3) is 11.8 Å². The van der Waals surface area contributed by atoms with E-state index in [2.05, 4.69) is 16.0 Å². The van der Waals surface area contributed by atoms with Crippen molar-refractivity contribution < 1.29 is 19.1 Å². The summed E-state index contributed by atoms with van der Waals surface area (Å²) in [5.41, 5.74) is 2.31. The van der Waals surface area contributed by atoms with Gasteiger partial charge in [-0.3, -0.25) is 14.4 Å². The maximum atomic E-state index is 13.3. The van der Waals surface area contributed by atoms with Crippen LogP contribution in [0, 0.1) is 0 Å². The summed E-state index contributed by atoms with van der Waals surface area (Å²) in [4.78, 5) is 39.9. The molecule has 0 saturated heterocycles. The average Bonchev–Trinajstić information content (AvgIpc) is 3.07. The van der Waals surface area contributed by atoms with Crippen molar-refractivity contribution >= 4 is 58.5 Å². The molecule has 46 heavy (non-hydrogen) atoms. The first-order valence-electron chi connectivity index (χ1n) is 14.4. The Morgan fingerprint density at radius 3 is 2.00 bits per heavy atom. The number of ether oxygens (including phenoxy) is 1. The van der Waals surface area contributed by atoms with E-state index in [1.807, 2.05) is 55.5 Å². The third-order valence-corrected chi connectivity index (χ3v) is 7.93. The Kier molecular flexibility index (Phi) is 10.9. The van der Waals surface area contributed by atoms with Crippen LogP contribution in [0.25, 0.3) is 6.08 Å². The van der Waals surface area contributed by atoms with Crippen molar-refractivity contribution in [3.8, 4) is 11.5 Å². The summed E-state index contributed by atoms with van der Waals surface area (Å²) in [7, 11) is 0. The number of amides is 3. The number of anilines is 2. The second kappa shape index (κ2) is 15.6. The number of para-hydroxylation sites is 1. The van der Waals surface area contributed by atoms with Crippen LogP contribution < -0.4 is 20.7 Å². The first kappa shape index (κ1) is 32.1. The van der Waals surface area contributed by atoms with Gasteiger partial charge in [0.2, 0.25) is 5.91 Å². The van der Waals surface area contributed by atoms with Gasteiger partial charge in [0.1, 0.15) is 17.2 Å². The van der Waals surface area contributed by atoms with Crippen LogP contribution in [0.1, 0.15) is 22.8 Å². The Hall–Kier alpha value is -5.31. The molecule has 0 heterocycles. The Morgan fingerprint density at radius 1 is 0.717 bits per heavy atom. The monoisotopic (exact) mass is 647 g/mol. The Morgan fingerprint density at radius 2 is 1.33 bits per heavy atom. The van der Waals surface area contributed by atoms with Crippen LogP contribution in [0.3, 0.4) is 0 Å². The largest absolute Gasteiger partial charge is 0.457 e. The van der Waals surface area contributed by atoms with Crippen molar-refractivity contribution in [3.63, 3.8) is 0 Å². The molecule has 9 heteroatoms. The summed E-state index contributed by atoms with van der Waals surface area (Å²) in [5.74, 6) is 0.338. The van der Waals surface area contributed by atoms with Crippen molar-refractivity contribution in [1.29, 1.82) is 0 Å². The van der Waals surface area contributed by atoms with Crippen LogP contribution in [0.5, 0.6) is 11.5 Å². The lowest BCUT2D eigenvalue weighted by atomic mass is 10.1. The molecular weight excluding hydrogens is 618 g/mol. The molecular formula is C37H30ClN3O4S. The number of carbonyl (C=O) groups is 3. The van der Waals surface area contributed by atoms with Crippen LogP contribution in [0.15, 0.2) is 144 Å². The van der Waals surface area contributed by atoms with Gasteiger partial charge in [-0.25, -0.2) is 0 Å². The summed E-state index contributed by atoms with van der Waals surface area (Å²) in [6.07, 6.45) is 1.57. The standard InChI is InChI=1S/C37H30ClN3O4S/c1-25(35(42)39-29-15-19-32(20-16-29)45-31-13-6-3-7-14-31)46-33-21-17-30(18-22-33)40-37(44)34(24-26-9-8-12-28(38)23-26)41-36(43)27-10-4-2-5-11-27/h2-25H,1H3,(H,39,42)(H,40,44)(H,41,43)/b34-24-. The van der Waals surface area contributed by atoms with Crippen molar-refractivity contribution in [2.45, 2.75) is 17.1 Å². The maximum Gasteiger partial charge on any atom is 0.272 e. The molecule has 0 fully saturated rings. The van der Waals surface area contributed by atoms with E-state index in [0.29, 0.717) is 33.3 Å². The van der Waals surface area contributed by atoms with Crippen molar-refractivity contribution in [1.82, 2.24) is 5.32 Å². The molecule has 1 unspecified atom stereocenters. The summed E-state index contributed by atoms with van der Waals surface area (Å²) in [6, 6.07) is 39.4.